The van der Waals surface area contributed by atoms with Crippen LogP contribution in [0.15, 0.2) is 30.3 Å². The van der Waals surface area contributed by atoms with Crippen LogP contribution in [0.3, 0.4) is 0 Å². The van der Waals surface area contributed by atoms with E-state index >= 15 is 0 Å². The number of hydrogen-bond acceptors (Lipinski definition) is 17. The van der Waals surface area contributed by atoms with Crippen molar-refractivity contribution in [1.29, 1.82) is 0 Å². The first-order chi connectivity index (χ1) is 22.5. The summed E-state index contributed by atoms with van der Waals surface area (Å²) in [5, 5.41) is 89.9. The molecule has 48 heavy (non-hydrogen) atoms. The van der Waals surface area contributed by atoms with Crippen LogP contribution in [0.5, 0.6) is 28.7 Å². The zero-order valence-corrected chi connectivity index (χ0v) is 24.0. The zero-order valence-electron chi connectivity index (χ0n) is 24.0. The maximum atomic E-state index is 13.3. The number of carboxylic acids is 2. The fourth-order valence-corrected chi connectivity index (χ4v) is 5.54. The summed E-state index contributed by atoms with van der Waals surface area (Å²) in [6.07, 6.45) is -10.8. The minimum atomic E-state index is -2.56. The van der Waals surface area contributed by atoms with Gasteiger partial charge in [-0.1, -0.05) is 6.07 Å². The second-order valence-corrected chi connectivity index (χ2v) is 10.9. The summed E-state index contributed by atoms with van der Waals surface area (Å²) in [6, 6.07) is 4.24. The Balaban J connectivity index is 1.35. The molecule has 0 aliphatic carbocycles. The van der Waals surface area contributed by atoms with Crippen molar-refractivity contribution < 1.29 is 93.6 Å². The molecule has 8 unspecified atom stereocenters. The van der Waals surface area contributed by atoms with E-state index in [4.69, 9.17) is 23.7 Å². The van der Waals surface area contributed by atoms with Gasteiger partial charge in [0.15, 0.2) is 23.0 Å². The summed E-state index contributed by atoms with van der Waals surface area (Å²) in [5.41, 5.74) is -3.56. The number of benzene rings is 2. The van der Waals surface area contributed by atoms with Gasteiger partial charge in [0.25, 0.3) is 0 Å². The number of rotatable bonds is 9. The number of carboxylic acid groups (broad SMARTS) is 2. The number of phenolic OH excluding ortho intramolecular Hbond substituents is 4. The molecule has 3 aliphatic heterocycles. The molecule has 5 rings (SSSR count). The lowest BCUT2D eigenvalue weighted by atomic mass is 9.78. The number of cyclic esters (lactones) is 1. The third-order valence-electron chi connectivity index (χ3n) is 7.82. The van der Waals surface area contributed by atoms with Crippen molar-refractivity contribution in [1.82, 2.24) is 0 Å². The lowest BCUT2D eigenvalue weighted by molar-refractivity contribution is -0.290. The lowest BCUT2D eigenvalue weighted by Gasteiger charge is -2.39. The normalized spacial score (nSPS) is 29.0. The van der Waals surface area contributed by atoms with Crippen LogP contribution >= 0.6 is 0 Å². The molecule has 0 spiro atoms. The minimum absolute atomic E-state index is 0.258. The molecule has 0 saturated carbocycles. The molecule has 2 aromatic carbocycles. The molecule has 2 aromatic rings. The molecule has 3 aliphatic rings. The Morgan fingerprint density at radius 3 is 2.27 bits per heavy atom. The summed E-state index contributed by atoms with van der Waals surface area (Å²) < 4.78 is 25.8. The predicted molar refractivity (Wildman–Crippen MR) is 148 cm³/mol. The van der Waals surface area contributed by atoms with Crippen LogP contribution in [-0.4, -0.2) is 125 Å². The topological polar surface area (TPSA) is 314 Å². The number of hydrogen-bond donors (Lipinski definition) is 9. The Labute approximate surface area is 267 Å². The minimum Gasteiger partial charge on any atom is -0.504 e. The van der Waals surface area contributed by atoms with Crippen LogP contribution in [0.2, 0.25) is 0 Å². The number of fused-ring (bicyclic) bond motifs is 3. The molecule has 0 bridgehead atoms. The van der Waals surface area contributed by atoms with Gasteiger partial charge in [0, 0.05) is 11.6 Å². The third-order valence-corrected chi connectivity index (χ3v) is 7.82. The van der Waals surface area contributed by atoms with E-state index in [1.165, 1.54) is 12.1 Å². The van der Waals surface area contributed by atoms with E-state index in [1.807, 2.05) is 0 Å². The van der Waals surface area contributed by atoms with E-state index in [0.29, 0.717) is 6.07 Å². The standard InChI is InChI=1S/C29H26O19/c30-11-3-1-9(5-12(11)31)2-4-16(35)46-27-22(39)21(38)20(37)14(45-27)8-44-26(42)10-6-13(32)19(36)23-17(10)18-24(25(40)41)47-28(43)29(18,48-23)7-15(33)34/h1-6,14,18,20-22,24,27,30-32,36-39H,7-8H2,(H,33,34)(H,40,41). The van der Waals surface area contributed by atoms with Gasteiger partial charge in [0.1, 0.15) is 31.0 Å². The van der Waals surface area contributed by atoms with Crippen LogP contribution in [0.4, 0.5) is 0 Å². The molecule has 9 N–H and O–H groups in total. The first kappa shape index (κ1) is 33.7. The average molecular weight is 679 g/mol. The number of esters is 3. The van der Waals surface area contributed by atoms with Gasteiger partial charge >= 0.3 is 29.8 Å². The molecule has 2 saturated heterocycles. The van der Waals surface area contributed by atoms with Gasteiger partial charge in [0.05, 0.1) is 17.9 Å². The van der Waals surface area contributed by atoms with Gasteiger partial charge in [0.2, 0.25) is 23.7 Å². The van der Waals surface area contributed by atoms with Crippen molar-refractivity contribution in [2.75, 3.05) is 6.61 Å². The van der Waals surface area contributed by atoms with Gasteiger partial charge in [-0.3, -0.25) is 4.79 Å². The highest BCUT2D eigenvalue weighted by atomic mass is 16.7. The quantitative estimate of drug-likeness (QED) is 0.0626. The van der Waals surface area contributed by atoms with E-state index in [-0.39, 0.29) is 5.56 Å². The summed E-state index contributed by atoms with van der Waals surface area (Å²) in [6.45, 7) is -0.944. The highest BCUT2D eigenvalue weighted by Crippen LogP contribution is 2.59. The van der Waals surface area contributed by atoms with Crippen LogP contribution < -0.4 is 4.74 Å². The zero-order chi connectivity index (χ0) is 35.2. The number of phenols is 4. The third kappa shape index (κ3) is 5.86. The molecule has 19 heteroatoms. The van der Waals surface area contributed by atoms with E-state index in [0.717, 1.165) is 18.2 Å². The molecule has 0 radical (unpaired) electrons. The van der Waals surface area contributed by atoms with Crippen LogP contribution in [0.25, 0.3) is 6.08 Å². The number of aromatic hydroxyl groups is 4. The second-order valence-electron chi connectivity index (χ2n) is 10.9. The molecule has 3 heterocycles. The van der Waals surface area contributed by atoms with Crippen molar-refractivity contribution in [3.8, 4) is 28.7 Å². The number of aliphatic hydroxyl groups excluding tert-OH is 3. The summed E-state index contributed by atoms with van der Waals surface area (Å²) in [4.78, 5) is 62.1. The Hall–Kier alpha value is -5.63. The molecule has 0 amide bonds. The van der Waals surface area contributed by atoms with Crippen molar-refractivity contribution in [2.24, 2.45) is 0 Å². The highest BCUT2D eigenvalue weighted by Gasteiger charge is 2.69. The van der Waals surface area contributed by atoms with E-state index in [9.17, 15) is 69.9 Å². The van der Waals surface area contributed by atoms with Crippen molar-refractivity contribution in [3.05, 3.63) is 47.0 Å². The Morgan fingerprint density at radius 1 is 0.917 bits per heavy atom. The predicted octanol–water partition coefficient (Wildman–Crippen LogP) is -1.57. The highest BCUT2D eigenvalue weighted by molar-refractivity contribution is 6.00. The van der Waals surface area contributed by atoms with E-state index in [1.54, 1.807) is 0 Å². The van der Waals surface area contributed by atoms with E-state index < -0.39 is 131 Å². The summed E-state index contributed by atoms with van der Waals surface area (Å²) >= 11 is 0. The van der Waals surface area contributed by atoms with Crippen molar-refractivity contribution in [2.45, 2.75) is 54.7 Å². The molecule has 0 aromatic heterocycles. The Bertz CT molecular complexity index is 1720. The smallest absolute Gasteiger partial charge is 0.352 e. The fourth-order valence-electron chi connectivity index (χ4n) is 5.54. The number of carbonyl (C=O) groups is 5. The van der Waals surface area contributed by atoms with Crippen molar-refractivity contribution >= 4 is 35.9 Å². The van der Waals surface area contributed by atoms with Crippen LogP contribution in [0.1, 0.15) is 33.8 Å². The fraction of sp³-hybridized carbons (Fsp3) is 0.345. The van der Waals surface area contributed by atoms with Gasteiger partial charge in [-0.2, -0.15) is 0 Å². The summed E-state index contributed by atoms with van der Waals surface area (Å²) in [5.74, 6) is -12.9. The van der Waals surface area contributed by atoms with E-state index in [2.05, 4.69) is 0 Å². The maximum absolute atomic E-state index is 13.3. The SMILES string of the molecule is O=C(O)CC12Oc3c(O)c(O)cc(C(=O)OCC4OC(OC(=O)C=Cc5ccc(O)c(O)c5)C(O)C(O)C4O)c3C1C(C(=O)O)OC2=O. The second kappa shape index (κ2) is 12.5. The molecule has 19 nitrogen and oxygen atoms in total. The number of aliphatic carboxylic acids is 2. The number of carbonyl (C=O) groups excluding carboxylic acids is 3. The van der Waals surface area contributed by atoms with Gasteiger partial charge in [-0.05, 0) is 29.8 Å². The first-order valence-corrected chi connectivity index (χ1v) is 13.8. The molecular weight excluding hydrogens is 652 g/mol. The average Bonchev–Trinajstić information content (AvgIpc) is 3.50. The lowest BCUT2D eigenvalue weighted by Crippen LogP contribution is -2.59. The summed E-state index contributed by atoms with van der Waals surface area (Å²) in [7, 11) is 0. The molecule has 256 valence electrons. The maximum Gasteiger partial charge on any atom is 0.352 e. The van der Waals surface area contributed by atoms with Gasteiger partial charge in [-0.25, -0.2) is 19.2 Å². The van der Waals surface area contributed by atoms with Gasteiger partial charge in [-0.15, -0.1) is 0 Å². The molecule has 8 atom stereocenters. The molecule has 2 fully saturated rings. The molecular formula is C29H26O19. The largest absolute Gasteiger partial charge is 0.504 e. The Kier molecular flexibility index (Phi) is 8.80. The number of ether oxygens (including phenoxy) is 5. The monoisotopic (exact) mass is 678 g/mol. The Morgan fingerprint density at radius 2 is 1.62 bits per heavy atom. The van der Waals surface area contributed by atoms with Crippen LogP contribution in [-0.2, 0) is 38.1 Å². The van der Waals surface area contributed by atoms with Crippen molar-refractivity contribution in [3.63, 3.8) is 0 Å². The first-order valence-electron chi connectivity index (χ1n) is 13.8. The van der Waals surface area contributed by atoms with Crippen LogP contribution in [0, 0.1) is 0 Å². The number of aliphatic hydroxyl groups is 3. The van der Waals surface area contributed by atoms with Gasteiger partial charge < -0.3 is 69.6 Å².